The van der Waals surface area contributed by atoms with E-state index in [9.17, 15) is 21.6 Å². The maximum absolute atomic E-state index is 12.7. The zero-order chi connectivity index (χ0) is 11.8. The molecule has 1 heterocycles. The van der Waals surface area contributed by atoms with Crippen LogP contribution in [0, 0.1) is 9.52 Å². The molecule has 9 heteroatoms. The van der Waals surface area contributed by atoms with Crippen LogP contribution in [0.1, 0.15) is 12.0 Å². The second-order valence-corrected chi connectivity index (χ2v) is 5.95. The van der Waals surface area contributed by atoms with Gasteiger partial charge in [0.2, 0.25) is 5.95 Å². The average Bonchev–Trinajstić information content (AvgIpc) is 2.06. The summed E-state index contributed by atoms with van der Waals surface area (Å²) < 4.78 is 58.8. The van der Waals surface area contributed by atoms with E-state index in [2.05, 4.69) is 4.98 Å². The monoisotopic (exact) mass is 371 g/mol. The smallest absolute Gasteiger partial charge is 0.205 e. The van der Waals surface area contributed by atoms with Crippen molar-refractivity contribution in [3.8, 4) is 0 Å². The molecule has 0 unspecified atom stereocenters. The molecular formula is C6H2ClF3INO2S. The molecule has 0 atom stereocenters. The minimum Gasteiger partial charge on any atom is -0.205 e. The second kappa shape index (κ2) is 4.42. The Morgan fingerprint density at radius 1 is 1.47 bits per heavy atom. The summed E-state index contributed by atoms with van der Waals surface area (Å²) in [5.74, 6) is -1.31. The summed E-state index contributed by atoms with van der Waals surface area (Å²) in [6.45, 7) is 0. The molecule has 0 aliphatic rings. The molecule has 0 aliphatic carbocycles. The van der Waals surface area contributed by atoms with Gasteiger partial charge in [0, 0.05) is 22.3 Å². The number of pyridine rings is 1. The fraction of sp³-hybridized carbons (Fsp3) is 0.167. The molecule has 1 rings (SSSR count). The van der Waals surface area contributed by atoms with Gasteiger partial charge in [-0.2, -0.15) is 4.39 Å². The highest BCUT2D eigenvalue weighted by Crippen LogP contribution is 2.30. The van der Waals surface area contributed by atoms with Crippen molar-refractivity contribution in [3.05, 3.63) is 21.1 Å². The molecule has 0 saturated heterocycles. The van der Waals surface area contributed by atoms with Crippen molar-refractivity contribution >= 4 is 42.3 Å². The van der Waals surface area contributed by atoms with Gasteiger partial charge in [0.25, 0.3) is 15.5 Å². The lowest BCUT2D eigenvalue weighted by Crippen LogP contribution is -2.05. The summed E-state index contributed by atoms with van der Waals surface area (Å²) in [5.41, 5.74) is -0.748. The third-order valence-corrected chi connectivity index (χ3v) is 4.09. The van der Waals surface area contributed by atoms with E-state index in [0.717, 1.165) is 0 Å². The van der Waals surface area contributed by atoms with E-state index in [1.165, 1.54) is 22.6 Å². The molecule has 0 amide bonds. The Bertz CT molecular complexity index is 493. The van der Waals surface area contributed by atoms with E-state index in [1.807, 2.05) is 0 Å². The Labute approximate surface area is 101 Å². The Balaban J connectivity index is 3.56. The number of rotatable bonds is 2. The van der Waals surface area contributed by atoms with Gasteiger partial charge in [0.15, 0.2) is 5.03 Å². The van der Waals surface area contributed by atoms with Crippen molar-refractivity contribution in [1.29, 1.82) is 0 Å². The summed E-state index contributed by atoms with van der Waals surface area (Å²) in [5, 5.41) is -0.889. The molecule has 0 spiro atoms. The second-order valence-electron chi connectivity index (χ2n) is 2.39. The van der Waals surface area contributed by atoms with Gasteiger partial charge in [-0.05, 0) is 22.6 Å². The molecule has 0 N–H and O–H groups in total. The van der Waals surface area contributed by atoms with Gasteiger partial charge in [-0.25, -0.2) is 22.2 Å². The van der Waals surface area contributed by atoms with Crippen LogP contribution in [0.5, 0.6) is 0 Å². The van der Waals surface area contributed by atoms with E-state index in [0.29, 0.717) is 6.07 Å². The highest BCUT2D eigenvalue weighted by atomic mass is 127. The standard InChI is InChI=1S/C6H2ClF3INO2S/c7-15(13,14)6-4(11)2(5(9)10)1-3(8)12-6/h1,5H. The molecular weight excluding hydrogens is 369 g/mol. The number of hydrogen-bond acceptors (Lipinski definition) is 3. The Kier molecular flexibility index (Phi) is 3.82. The van der Waals surface area contributed by atoms with Crippen LogP contribution in [-0.2, 0) is 9.05 Å². The Morgan fingerprint density at radius 2 is 2.00 bits per heavy atom. The summed E-state index contributed by atoms with van der Waals surface area (Å²) in [6, 6.07) is 0.470. The molecule has 0 aromatic carbocycles. The third-order valence-electron chi connectivity index (χ3n) is 1.39. The molecule has 0 fully saturated rings. The predicted octanol–water partition coefficient (Wildman–Crippen LogP) is 2.69. The van der Waals surface area contributed by atoms with Crippen molar-refractivity contribution < 1.29 is 21.6 Å². The first-order chi connectivity index (χ1) is 6.73. The highest BCUT2D eigenvalue weighted by Gasteiger charge is 2.24. The van der Waals surface area contributed by atoms with Crippen molar-refractivity contribution in [1.82, 2.24) is 4.98 Å². The van der Waals surface area contributed by atoms with Gasteiger partial charge >= 0.3 is 0 Å². The number of nitrogens with zero attached hydrogens (tertiary/aromatic N) is 1. The average molecular weight is 372 g/mol. The normalized spacial score (nSPS) is 12.1. The van der Waals surface area contributed by atoms with Crippen LogP contribution in [0.4, 0.5) is 13.2 Å². The maximum atomic E-state index is 12.7. The first-order valence-corrected chi connectivity index (χ1v) is 6.71. The molecule has 0 saturated carbocycles. The topological polar surface area (TPSA) is 47.0 Å². The van der Waals surface area contributed by atoms with Gasteiger partial charge in [0.05, 0.1) is 3.57 Å². The Hall–Kier alpha value is -0.0900. The van der Waals surface area contributed by atoms with Gasteiger partial charge in [-0.15, -0.1) is 0 Å². The van der Waals surface area contributed by atoms with Gasteiger partial charge < -0.3 is 0 Å². The van der Waals surface area contributed by atoms with E-state index >= 15 is 0 Å². The minimum atomic E-state index is -4.33. The highest BCUT2D eigenvalue weighted by molar-refractivity contribution is 14.1. The van der Waals surface area contributed by atoms with E-state index in [-0.39, 0.29) is 3.57 Å². The van der Waals surface area contributed by atoms with Crippen LogP contribution in [-0.4, -0.2) is 13.4 Å². The lowest BCUT2D eigenvalue weighted by molar-refractivity contribution is 0.149. The van der Waals surface area contributed by atoms with E-state index in [1.54, 1.807) is 0 Å². The van der Waals surface area contributed by atoms with Gasteiger partial charge in [-0.3, -0.25) is 0 Å². The molecule has 0 radical (unpaired) electrons. The molecule has 1 aromatic heterocycles. The lowest BCUT2D eigenvalue weighted by atomic mass is 10.3. The summed E-state index contributed by atoms with van der Waals surface area (Å²) in [7, 11) is 0.574. The zero-order valence-corrected chi connectivity index (χ0v) is 10.4. The van der Waals surface area contributed by atoms with E-state index in [4.69, 9.17) is 10.7 Å². The molecule has 1 aromatic rings. The van der Waals surface area contributed by atoms with Crippen LogP contribution in [0.25, 0.3) is 0 Å². The number of hydrogen-bond donors (Lipinski definition) is 0. The summed E-state index contributed by atoms with van der Waals surface area (Å²) >= 11 is 1.33. The molecule has 15 heavy (non-hydrogen) atoms. The SMILES string of the molecule is O=S(=O)(Cl)c1nc(F)cc(C(F)F)c1I. The molecule has 84 valence electrons. The lowest BCUT2D eigenvalue weighted by Gasteiger charge is -2.06. The van der Waals surface area contributed by atoms with Crippen LogP contribution >= 0.6 is 33.3 Å². The first kappa shape index (κ1) is 13.0. The first-order valence-electron chi connectivity index (χ1n) is 3.32. The van der Waals surface area contributed by atoms with Crippen LogP contribution < -0.4 is 0 Å². The van der Waals surface area contributed by atoms with Gasteiger partial charge in [-0.1, -0.05) is 0 Å². The van der Waals surface area contributed by atoms with Crippen LogP contribution in [0.3, 0.4) is 0 Å². The summed E-state index contributed by atoms with van der Waals surface area (Å²) in [4.78, 5) is 2.96. The minimum absolute atomic E-state index is 0.376. The molecule has 0 bridgehead atoms. The summed E-state index contributed by atoms with van der Waals surface area (Å²) in [6.07, 6.45) is -2.99. The molecule has 0 aliphatic heterocycles. The van der Waals surface area contributed by atoms with Crippen molar-refractivity contribution in [2.45, 2.75) is 11.5 Å². The quantitative estimate of drug-likeness (QED) is 0.456. The van der Waals surface area contributed by atoms with Crippen molar-refractivity contribution in [3.63, 3.8) is 0 Å². The fourth-order valence-corrected chi connectivity index (χ4v) is 3.45. The Morgan fingerprint density at radius 3 is 2.40 bits per heavy atom. The zero-order valence-electron chi connectivity index (χ0n) is 6.72. The van der Waals surface area contributed by atoms with Crippen LogP contribution in [0.15, 0.2) is 11.1 Å². The van der Waals surface area contributed by atoms with Crippen LogP contribution in [0.2, 0.25) is 0 Å². The number of halogens is 5. The predicted molar refractivity (Wildman–Crippen MR) is 54.9 cm³/mol. The van der Waals surface area contributed by atoms with E-state index < -0.39 is 32.0 Å². The number of aromatic nitrogens is 1. The van der Waals surface area contributed by atoms with Gasteiger partial charge in [0.1, 0.15) is 0 Å². The third kappa shape index (κ3) is 2.94. The van der Waals surface area contributed by atoms with Crippen molar-refractivity contribution in [2.24, 2.45) is 0 Å². The fourth-order valence-electron chi connectivity index (χ4n) is 0.814. The maximum Gasteiger partial charge on any atom is 0.279 e. The number of alkyl halides is 2. The molecule has 3 nitrogen and oxygen atoms in total. The van der Waals surface area contributed by atoms with Crippen molar-refractivity contribution in [2.75, 3.05) is 0 Å². The largest absolute Gasteiger partial charge is 0.279 e.